The maximum Gasteiger partial charge on any atom is 0.252 e. The van der Waals surface area contributed by atoms with E-state index in [9.17, 15) is 4.79 Å². The molecule has 0 aliphatic carbocycles. The summed E-state index contributed by atoms with van der Waals surface area (Å²) < 4.78 is 1.59. The minimum atomic E-state index is -0.575. The van der Waals surface area contributed by atoms with Gasteiger partial charge in [0, 0.05) is 17.3 Å². The lowest BCUT2D eigenvalue weighted by Crippen LogP contribution is -2.31. The standard InChI is InChI=1S/C19H18ClN7O2/c1-12(8-21)24-18(29)14-4-2-13(3-5-14)17-16(20)10-22-19(26-17)25-15-9-23-27(11-15)6-7-28/h2-5,9-12,28H,6-7H2,1H3,(H,24,29)(H,22,25,26)/t12-/m0/s1. The third-order valence-electron chi connectivity index (χ3n) is 3.92. The average molecular weight is 412 g/mol. The first kappa shape index (κ1) is 20.3. The Bertz CT molecular complexity index is 1040. The van der Waals surface area contributed by atoms with E-state index in [1.54, 1.807) is 48.3 Å². The van der Waals surface area contributed by atoms with Gasteiger partial charge in [0.2, 0.25) is 5.95 Å². The molecule has 0 aliphatic rings. The molecule has 0 bridgehead atoms. The minimum Gasteiger partial charge on any atom is -0.394 e. The molecule has 10 heteroatoms. The van der Waals surface area contributed by atoms with E-state index in [1.807, 2.05) is 6.07 Å². The van der Waals surface area contributed by atoms with Gasteiger partial charge in [-0.2, -0.15) is 10.4 Å². The Morgan fingerprint density at radius 3 is 2.79 bits per heavy atom. The molecule has 0 fully saturated rings. The molecule has 0 saturated carbocycles. The lowest BCUT2D eigenvalue weighted by atomic mass is 10.1. The van der Waals surface area contributed by atoms with Crippen LogP contribution in [0.2, 0.25) is 5.02 Å². The monoisotopic (exact) mass is 411 g/mol. The smallest absolute Gasteiger partial charge is 0.252 e. The molecule has 1 atom stereocenters. The first-order valence-electron chi connectivity index (χ1n) is 8.74. The number of hydrogen-bond donors (Lipinski definition) is 3. The van der Waals surface area contributed by atoms with Gasteiger partial charge < -0.3 is 15.7 Å². The summed E-state index contributed by atoms with van der Waals surface area (Å²) >= 11 is 6.26. The molecular weight excluding hydrogens is 394 g/mol. The van der Waals surface area contributed by atoms with E-state index in [1.165, 1.54) is 6.20 Å². The number of carbonyl (C=O) groups is 1. The summed E-state index contributed by atoms with van der Waals surface area (Å²) in [5, 5.41) is 27.8. The second-order valence-electron chi connectivity index (χ2n) is 6.13. The molecule has 0 unspecified atom stereocenters. The fourth-order valence-electron chi connectivity index (χ4n) is 2.50. The summed E-state index contributed by atoms with van der Waals surface area (Å²) in [7, 11) is 0. The number of amides is 1. The maximum atomic E-state index is 12.1. The molecule has 0 aliphatic heterocycles. The first-order valence-corrected chi connectivity index (χ1v) is 9.11. The molecule has 1 aromatic carbocycles. The molecule has 9 nitrogen and oxygen atoms in total. The van der Waals surface area contributed by atoms with Crippen LogP contribution in [-0.4, -0.2) is 43.4 Å². The fourth-order valence-corrected chi connectivity index (χ4v) is 2.70. The van der Waals surface area contributed by atoms with Gasteiger partial charge in [-0.1, -0.05) is 23.7 Å². The molecule has 3 aromatic rings. The van der Waals surface area contributed by atoms with Crippen LogP contribution in [0.1, 0.15) is 17.3 Å². The van der Waals surface area contributed by atoms with Crippen LogP contribution in [0.3, 0.4) is 0 Å². The second-order valence-corrected chi connectivity index (χ2v) is 6.54. The molecule has 29 heavy (non-hydrogen) atoms. The Labute approximate surface area is 172 Å². The highest BCUT2D eigenvalue weighted by Gasteiger charge is 2.12. The number of rotatable bonds is 7. The molecular formula is C19H18ClN7O2. The van der Waals surface area contributed by atoms with E-state index in [-0.39, 0.29) is 12.5 Å². The molecule has 2 aromatic heterocycles. The van der Waals surface area contributed by atoms with Gasteiger partial charge in [0.15, 0.2) is 0 Å². The largest absolute Gasteiger partial charge is 0.394 e. The number of nitriles is 1. The quantitative estimate of drug-likeness (QED) is 0.544. The number of nitrogens with one attached hydrogen (secondary N) is 2. The summed E-state index contributed by atoms with van der Waals surface area (Å²) in [6.07, 6.45) is 4.81. The van der Waals surface area contributed by atoms with E-state index in [2.05, 4.69) is 25.7 Å². The maximum absolute atomic E-state index is 12.1. The van der Waals surface area contributed by atoms with E-state index in [4.69, 9.17) is 22.0 Å². The van der Waals surface area contributed by atoms with Crippen molar-refractivity contribution in [3.8, 4) is 17.3 Å². The average Bonchev–Trinajstić information content (AvgIpc) is 3.16. The van der Waals surface area contributed by atoms with Crippen LogP contribution < -0.4 is 10.6 Å². The number of aromatic nitrogens is 4. The van der Waals surface area contributed by atoms with E-state index in [0.29, 0.717) is 40.0 Å². The molecule has 3 rings (SSSR count). The van der Waals surface area contributed by atoms with Crippen molar-refractivity contribution in [1.29, 1.82) is 5.26 Å². The van der Waals surface area contributed by atoms with Gasteiger partial charge in [0.05, 0.1) is 48.0 Å². The molecule has 0 spiro atoms. The molecule has 0 radical (unpaired) electrons. The molecule has 2 heterocycles. The molecule has 0 saturated heterocycles. The van der Waals surface area contributed by atoms with Crippen LogP contribution in [0.5, 0.6) is 0 Å². The number of aliphatic hydroxyl groups excluding tert-OH is 1. The van der Waals surface area contributed by atoms with Crippen molar-refractivity contribution < 1.29 is 9.90 Å². The van der Waals surface area contributed by atoms with Crippen LogP contribution in [0.25, 0.3) is 11.3 Å². The fraction of sp³-hybridized carbons (Fsp3) is 0.211. The summed E-state index contributed by atoms with van der Waals surface area (Å²) in [6, 6.07) is 8.11. The van der Waals surface area contributed by atoms with Gasteiger partial charge in [0.25, 0.3) is 5.91 Å². The number of hydrogen-bond acceptors (Lipinski definition) is 7. The van der Waals surface area contributed by atoms with Crippen LogP contribution in [0.15, 0.2) is 42.9 Å². The predicted octanol–water partition coefficient (Wildman–Crippen LogP) is 2.37. The number of anilines is 2. The zero-order valence-electron chi connectivity index (χ0n) is 15.5. The zero-order chi connectivity index (χ0) is 20.8. The summed E-state index contributed by atoms with van der Waals surface area (Å²) in [4.78, 5) is 20.7. The van der Waals surface area contributed by atoms with Crippen LogP contribution in [0, 0.1) is 11.3 Å². The lowest BCUT2D eigenvalue weighted by Gasteiger charge is -2.09. The lowest BCUT2D eigenvalue weighted by molar-refractivity contribution is 0.0948. The molecule has 1 amide bonds. The minimum absolute atomic E-state index is 0.00778. The summed E-state index contributed by atoms with van der Waals surface area (Å²) in [5.41, 5.74) is 2.31. The van der Waals surface area contributed by atoms with Crippen LogP contribution >= 0.6 is 11.6 Å². The van der Waals surface area contributed by atoms with Gasteiger partial charge in [-0.25, -0.2) is 9.97 Å². The van der Waals surface area contributed by atoms with E-state index < -0.39 is 6.04 Å². The first-order chi connectivity index (χ1) is 14.0. The number of aliphatic hydroxyl groups is 1. The summed E-state index contributed by atoms with van der Waals surface area (Å²) in [5.74, 6) is -0.000700. The number of halogens is 1. The predicted molar refractivity (Wildman–Crippen MR) is 108 cm³/mol. The van der Waals surface area contributed by atoms with Gasteiger partial charge in [-0.3, -0.25) is 9.48 Å². The van der Waals surface area contributed by atoms with Gasteiger partial charge in [-0.15, -0.1) is 0 Å². The van der Waals surface area contributed by atoms with E-state index >= 15 is 0 Å². The summed E-state index contributed by atoms with van der Waals surface area (Å²) in [6.45, 7) is 1.99. The highest BCUT2D eigenvalue weighted by molar-refractivity contribution is 6.32. The van der Waals surface area contributed by atoms with Crippen molar-refractivity contribution in [3.63, 3.8) is 0 Å². The molecule has 148 valence electrons. The zero-order valence-corrected chi connectivity index (χ0v) is 16.3. The number of nitrogens with zero attached hydrogens (tertiary/aromatic N) is 5. The highest BCUT2D eigenvalue weighted by Crippen LogP contribution is 2.27. The normalized spacial score (nSPS) is 11.5. The van der Waals surface area contributed by atoms with Gasteiger partial charge in [0.1, 0.15) is 6.04 Å². The number of benzene rings is 1. The number of carbonyl (C=O) groups excluding carboxylic acids is 1. The Morgan fingerprint density at radius 2 is 2.10 bits per heavy atom. The van der Waals surface area contributed by atoms with Crippen molar-refractivity contribution in [2.24, 2.45) is 0 Å². The topological polar surface area (TPSA) is 129 Å². The van der Waals surface area contributed by atoms with Crippen molar-refractivity contribution in [3.05, 3.63) is 53.4 Å². The van der Waals surface area contributed by atoms with Crippen molar-refractivity contribution in [2.75, 3.05) is 11.9 Å². The Kier molecular flexibility index (Phi) is 6.39. The third-order valence-corrected chi connectivity index (χ3v) is 4.20. The van der Waals surface area contributed by atoms with Crippen molar-refractivity contribution in [1.82, 2.24) is 25.1 Å². The highest BCUT2D eigenvalue weighted by atomic mass is 35.5. The molecule has 3 N–H and O–H groups in total. The van der Waals surface area contributed by atoms with Crippen molar-refractivity contribution >= 4 is 29.1 Å². The Hall–Kier alpha value is -3.48. The third kappa shape index (κ3) is 5.07. The van der Waals surface area contributed by atoms with Gasteiger partial charge >= 0.3 is 0 Å². The second kappa shape index (κ2) is 9.14. The van der Waals surface area contributed by atoms with E-state index in [0.717, 1.165) is 0 Å². The Balaban J connectivity index is 1.78. The Morgan fingerprint density at radius 1 is 1.34 bits per heavy atom. The van der Waals surface area contributed by atoms with Crippen LogP contribution in [0.4, 0.5) is 11.6 Å². The van der Waals surface area contributed by atoms with Gasteiger partial charge in [-0.05, 0) is 19.1 Å². The van der Waals surface area contributed by atoms with Crippen molar-refractivity contribution in [2.45, 2.75) is 19.5 Å². The SMILES string of the molecule is C[C@@H](C#N)NC(=O)c1ccc(-c2nc(Nc3cnn(CCO)c3)ncc2Cl)cc1. The van der Waals surface area contributed by atoms with Crippen LogP contribution in [-0.2, 0) is 6.54 Å².